The zero-order valence-corrected chi connectivity index (χ0v) is 10.8. The van der Waals surface area contributed by atoms with Crippen LogP contribution in [-0.4, -0.2) is 16.5 Å². The average Bonchev–Trinajstić information content (AvgIpc) is 2.68. The largest absolute Gasteiger partial charge is 0.493 e. The Bertz CT molecular complexity index is 575. The zero-order chi connectivity index (χ0) is 13.8. The number of nitrogens with zero attached hydrogens (tertiary/aromatic N) is 2. The molecule has 0 aliphatic rings. The van der Waals surface area contributed by atoms with Crippen molar-refractivity contribution in [1.82, 2.24) is 4.98 Å². The summed E-state index contributed by atoms with van der Waals surface area (Å²) in [6.07, 6.45) is 0.615. The first-order valence-corrected chi connectivity index (χ1v) is 5.86. The van der Waals surface area contributed by atoms with E-state index in [2.05, 4.69) is 4.98 Å². The molecule has 0 bridgehead atoms. The number of aryl methyl sites for hydroxylation is 2. The van der Waals surface area contributed by atoms with Crippen LogP contribution in [0.1, 0.15) is 17.3 Å². The van der Waals surface area contributed by atoms with Gasteiger partial charge in [-0.3, -0.25) is 10.1 Å². The fraction of sp³-hybridized carbons (Fsp3) is 0.308. The summed E-state index contributed by atoms with van der Waals surface area (Å²) in [5, 5.41) is 10.5. The number of aromatic nitrogens is 1. The van der Waals surface area contributed by atoms with Crippen molar-refractivity contribution >= 4 is 5.69 Å². The van der Waals surface area contributed by atoms with Crippen LogP contribution >= 0.6 is 0 Å². The van der Waals surface area contributed by atoms with E-state index in [1.54, 1.807) is 19.1 Å². The first-order chi connectivity index (χ1) is 9.06. The van der Waals surface area contributed by atoms with Crippen LogP contribution in [0.4, 0.5) is 5.69 Å². The summed E-state index contributed by atoms with van der Waals surface area (Å²) in [5.41, 5.74) is 0.916. The second kappa shape index (κ2) is 5.51. The quantitative estimate of drug-likeness (QED) is 0.611. The molecule has 6 nitrogen and oxygen atoms in total. The number of hydrogen-bond acceptors (Lipinski definition) is 5. The number of nitro groups is 1. The lowest BCUT2D eigenvalue weighted by atomic mass is 10.3. The fourth-order valence-electron chi connectivity index (χ4n) is 1.73. The number of non-ortho nitro benzene ring substituents is 1. The Hall–Kier alpha value is -2.37. The minimum absolute atomic E-state index is 0.0500. The fourth-order valence-corrected chi connectivity index (χ4v) is 1.73. The van der Waals surface area contributed by atoms with Crippen LogP contribution in [0, 0.1) is 24.0 Å². The van der Waals surface area contributed by atoms with Gasteiger partial charge >= 0.3 is 0 Å². The number of nitro benzene ring substituents is 1. The van der Waals surface area contributed by atoms with E-state index in [1.165, 1.54) is 12.1 Å². The molecule has 0 saturated heterocycles. The Morgan fingerprint density at radius 2 is 2.00 bits per heavy atom. The maximum Gasteiger partial charge on any atom is 0.269 e. The molecule has 0 radical (unpaired) electrons. The predicted octanol–water partition coefficient (Wildman–Crippen LogP) is 2.82. The molecule has 100 valence electrons. The summed E-state index contributed by atoms with van der Waals surface area (Å²) in [5.74, 6) is 2.04. The highest BCUT2D eigenvalue weighted by atomic mass is 16.6. The maximum absolute atomic E-state index is 10.5. The van der Waals surface area contributed by atoms with Gasteiger partial charge in [-0.25, -0.2) is 4.98 Å². The topological polar surface area (TPSA) is 78.4 Å². The van der Waals surface area contributed by atoms with Crippen LogP contribution in [0.2, 0.25) is 0 Å². The Labute approximate surface area is 110 Å². The van der Waals surface area contributed by atoms with Crippen molar-refractivity contribution in [3.8, 4) is 5.75 Å². The summed E-state index contributed by atoms with van der Waals surface area (Å²) >= 11 is 0. The van der Waals surface area contributed by atoms with Gasteiger partial charge in [0.05, 0.1) is 17.2 Å². The Morgan fingerprint density at radius 3 is 2.53 bits per heavy atom. The molecule has 0 aliphatic heterocycles. The van der Waals surface area contributed by atoms with Crippen LogP contribution in [0.5, 0.6) is 5.75 Å². The lowest BCUT2D eigenvalue weighted by Gasteiger charge is -2.04. The van der Waals surface area contributed by atoms with E-state index in [4.69, 9.17) is 9.15 Å². The Kier molecular flexibility index (Phi) is 3.79. The van der Waals surface area contributed by atoms with Crippen molar-refractivity contribution in [3.05, 3.63) is 51.7 Å². The van der Waals surface area contributed by atoms with Crippen LogP contribution < -0.4 is 4.74 Å². The van der Waals surface area contributed by atoms with E-state index in [-0.39, 0.29) is 5.69 Å². The van der Waals surface area contributed by atoms with E-state index in [0.717, 1.165) is 11.5 Å². The molecule has 0 aliphatic carbocycles. The molecule has 0 spiro atoms. The molecule has 19 heavy (non-hydrogen) atoms. The first kappa shape index (κ1) is 13.1. The number of benzene rings is 1. The molecule has 0 fully saturated rings. The van der Waals surface area contributed by atoms with Gasteiger partial charge in [0.15, 0.2) is 5.89 Å². The molecule has 6 heteroatoms. The van der Waals surface area contributed by atoms with E-state index in [9.17, 15) is 10.1 Å². The summed E-state index contributed by atoms with van der Waals surface area (Å²) in [7, 11) is 0. The predicted molar refractivity (Wildman–Crippen MR) is 68.3 cm³/mol. The molecule has 0 saturated carbocycles. The van der Waals surface area contributed by atoms with Crippen molar-refractivity contribution in [3.63, 3.8) is 0 Å². The molecule has 1 aromatic carbocycles. The van der Waals surface area contributed by atoms with Crippen LogP contribution in [0.3, 0.4) is 0 Å². The third-order valence-corrected chi connectivity index (χ3v) is 2.64. The van der Waals surface area contributed by atoms with E-state index >= 15 is 0 Å². The molecule has 1 heterocycles. The van der Waals surface area contributed by atoms with Crippen molar-refractivity contribution in [2.24, 2.45) is 0 Å². The standard InChI is InChI=1S/C13H14N2O4/c1-9-13(19-10(2)14-9)7-8-18-12-5-3-11(4-6-12)15(16)17/h3-6H,7-8H2,1-2H3. The molecular weight excluding hydrogens is 248 g/mol. The molecule has 0 N–H and O–H groups in total. The molecule has 1 aromatic heterocycles. The summed E-state index contributed by atoms with van der Waals surface area (Å²) in [6.45, 7) is 4.12. The van der Waals surface area contributed by atoms with E-state index < -0.39 is 4.92 Å². The van der Waals surface area contributed by atoms with E-state index in [0.29, 0.717) is 24.7 Å². The van der Waals surface area contributed by atoms with Crippen LogP contribution in [0.25, 0.3) is 0 Å². The molecular formula is C13H14N2O4. The van der Waals surface area contributed by atoms with Gasteiger partial charge in [-0.2, -0.15) is 0 Å². The first-order valence-electron chi connectivity index (χ1n) is 5.86. The number of hydrogen-bond donors (Lipinski definition) is 0. The highest BCUT2D eigenvalue weighted by Gasteiger charge is 2.07. The molecule has 0 amide bonds. The third-order valence-electron chi connectivity index (χ3n) is 2.64. The summed E-state index contributed by atoms with van der Waals surface area (Å²) in [4.78, 5) is 14.2. The summed E-state index contributed by atoms with van der Waals surface area (Å²) in [6, 6.07) is 5.99. The molecule has 2 rings (SSSR count). The van der Waals surface area contributed by atoms with Gasteiger partial charge in [-0.05, 0) is 19.1 Å². The highest BCUT2D eigenvalue weighted by molar-refractivity contribution is 5.35. The highest BCUT2D eigenvalue weighted by Crippen LogP contribution is 2.18. The van der Waals surface area contributed by atoms with Crippen LogP contribution in [-0.2, 0) is 6.42 Å². The third kappa shape index (κ3) is 3.31. The van der Waals surface area contributed by atoms with Crippen molar-refractivity contribution in [2.75, 3.05) is 6.61 Å². The number of rotatable bonds is 5. The van der Waals surface area contributed by atoms with Crippen molar-refractivity contribution in [2.45, 2.75) is 20.3 Å². The van der Waals surface area contributed by atoms with Gasteiger partial charge in [-0.1, -0.05) is 0 Å². The normalized spacial score (nSPS) is 10.4. The number of ether oxygens (including phenoxy) is 1. The Morgan fingerprint density at radius 1 is 1.32 bits per heavy atom. The molecule has 2 aromatic rings. The second-order valence-corrected chi connectivity index (χ2v) is 4.09. The SMILES string of the molecule is Cc1nc(C)c(CCOc2ccc([N+](=O)[O-])cc2)o1. The van der Waals surface area contributed by atoms with Crippen LogP contribution in [0.15, 0.2) is 28.7 Å². The van der Waals surface area contributed by atoms with E-state index in [1.807, 2.05) is 6.92 Å². The maximum atomic E-state index is 10.5. The van der Waals surface area contributed by atoms with Crippen molar-refractivity contribution in [1.29, 1.82) is 0 Å². The average molecular weight is 262 g/mol. The second-order valence-electron chi connectivity index (χ2n) is 4.09. The summed E-state index contributed by atoms with van der Waals surface area (Å²) < 4.78 is 10.9. The van der Waals surface area contributed by atoms with Gasteiger partial charge in [0.2, 0.25) is 0 Å². The number of oxazole rings is 1. The van der Waals surface area contributed by atoms with Gasteiger partial charge < -0.3 is 9.15 Å². The van der Waals surface area contributed by atoms with Crippen molar-refractivity contribution < 1.29 is 14.1 Å². The minimum Gasteiger partial charge on any atom is -0.493 e. The lowest BCUT2D eigenvalue weighted by Crippen LogP contribution is -2.01. The molecule has 0 unspecified atom stereocenters. The monoisotopic (exact) mass is 262 g/mol. The Balaban J connectivity index is 1.89. The van der Waals surface area contributed by atoms with Gasteiger partial charge in [-0.15, -0.1) is 0 Å². The zero-order valence-electron chi connectivity index (χ0n) is 10.8. The lowest BCUT2D eigenvalue weighted by molar-refractivity contribution is -0.384. The van der Waals surface area contributed by atoms with Gasteiger partial charge in [0, 0.05) is 25.5 Å². The smallest absolute Gasteiger partial charge is 0.269 e. The molecule has 0 atom stereocenters. The minimum atomic E-state index is -0.440. The van der Waals surface area contributed by atoms with Gasteiger partial charge in [0.25, 0.3) is 5.69 Å². The van der Waals surface area contributed by atoms with Gasteiger partial charge in [0.1, 0.15) is 11.5 Å².